The van der Waals surface area contributed by atoms with Gasteiger partial charge in [0.05, 0.1) is 6.54 Å². The molecule has 0 fully saturated rings. The zero-order valence-electron chi connectivity index (χ0n) is 9.54. The third-order valence-corrected chi connectivity index (χ3v) is 2.31. The maximum Gasteiger partial charge on any atom is 0.435 e. The van der Waals surface area contributed by atoms with Gasteiger partial charge in [0, 0.05) is 18.8 Å². The van der Waals surface area contributed by atoms with Crippen molar-refractivity contribution >= 4 is 0 Å². The molecule has 0 aromatic carbocycles. The van der Waals surface area contributed by atoms with Crippen LogP contribution < -0.4 is 5.32 Å². The molecule has 17 heavy (non-hydrogen) atoms. The highest BCUT2D eigenvalue weighted by atomic mass is 19.4. The van der Waals surface area contributed by atoms with Gasteiger partial charge in [-0.15, -0.1) is 0 Å². The highest BCUT2D eigenvalue weighted by Crippen LogP contribution is 2.27. The number of rotatable bonds is 6. The third kappa shape index (κ3) is 4.35. The number of nitrogens with zero attached hydrogens (tertiary/aromatic N) is 2. The van der Waals surface area contributed by atoms with Crippen LogP contribution in [0.15, 0.2) is 12.3 Å². The van der Waals surface area contributed by atoms with Crippen LogP contribution in [0.4, 0.5) is 13.2 Å². The molecule has 2 N–H and O–H groups in total. The standard InChI is InChI=1S/C10H16F3N3O/c1-2-14-8(4-6-17)7-16-5-3-9(15-16)10(11,12)13/h3,5,8,14,17H,2,4,6-7H2,1H3. The summed E-state index contributed by atoms with van der Waals surface area (Å²) >= 11 is 0. The average molecular weight is 251 g/mol. The zero-order chi connectivity index (χ0) is 12.9. The number of aromatic nitrogens is 2. The van der Waals surface area contributed by atoms with Crippen LogP contribution in [0.5, 0.6) is 0 Å². The van der Waals surface area contributed by atoms with Gasteiger partial charge in [0.15, 0.2) is 5.69 Å². The number of nitrogens with one attached hydrogen (secondary N) is 1. The Hall–Kier alpha value is -1.08. The van der Waals surface area contributed by atoms with Gasteiger partial charge in [-0.2, -0.15) is 18.3 Å². The van der Waals surface area contributed by atoms with Crippen LogP contribution in [0.25, 0.3) is 0 Å². The van der Waals surface area contributed by atoms with Crippen LogP contribution in [0.2, 0.25) is 0 Å². The Balaban J connectivity index is 2.63. The number of halogens is 3. The molecule has 4 nitrogen and oxygen atoms in total. The van der Waals surface area contributed by atoms with Gasteiger partial charge in [0.1, 0.15) is 0 Å². The fourth-order valence-corrected chi connectivity index (χ4v) is 1.54. The van der Waals surface area contributed by atoms with Crippen LogP contribution in [-0.4, -0.2) is 34.1 Å². The van der Waals surface area contributed by atoms with E-state index in [1.54, 1.807) is 0 Å². The summed E-state index contributed by atoms with van der Waals surface area (Å²) in [5.74, 6) is 0. The Morgan fingerprint density at radius 1 is 1.53 bits per heavy atom. The molecule has 1 aromatic heterocycles. The largest absolute Gasteiger partial charge is 0.435 e. The lowest BCUT2D eigenvalue weighted by molar-refractivity contribution is -0.141. The normalized spacial score (nSPS) is 13.9. The van der Waals surface area contributed by atoms with Crippen LogP contribution in [0, 0.1) is 0 Å². The Morgan fingerprint density at radius 3 is 2.71 bits per heavy atom. The molecular formula is C10H16F3N3O. The molecule has 7 heteroatoms. The van der Waals surface area contributed by atoms with Crippen molar-refractivity contribution in [3.63, 3.8) is 0 Å². The number of aliphatic hydroxyl groups excluding tert-OH is 1. The van der Waals surface area contributed by atoms with E-state index in [2.05, 4.69) is 10.4 Å². The lowest BCUT2D eigenvalue weighted by Crippen LogP contribution is -2.34. The summed E-state index contributed by atoms with van der Waals surface area (Å²) in [6.45, 7) is 2.89. The number of hydrogen-bond acceptors (Lipinski definition) is 3. The van der Waals surface area contributed by atoms with Gasteiger partial charge < -0.3 is 10.4 Å². The molecule has 0 saturated heterocycles. The van der Waals surface area contributed by atoms with Crippen molar-refractivity contribution in [3.05, 3.63) is 18.0 Å². The Bertz CT molecular complexity index is 332. The van der Waals surface area contributed by atoms with Crippen molar-refractivity contribution in [2.75, 3.05) is 13.2 Å². The maximum absolute atomic E-state index is 12.3. The summed E-state index contributed by atoms with van der Waals surface area (Å²) in [4.78, 5) is 0. The summed E-state index contributed by atoms with van der Waals surface area (Å²) in [6.07, 6.45) is -2.63. The van der Waals surface area contributed by atoms with Crippen LogP contribution in [-0.2, 0) is 12.7 Å². The second-order valence-electron chi connectivity index (χ2n) is 3.69. The minimum Gasteiger partial charge on any atom is -0.396 e. The maximum atomic E-state index is 12.3. The first-order valence-electron chi connectivity index (χ1n) is 5.42. The van der Waals surface area contributed by atoms with Crippen molar-refractivity contribution < 1.29 is 18.3 Å². The summed E-state index contributed by atoms with van der Waals surface area (Å²) in [5.41, 5.74) is -0.892. The van der Waals surface area contributed by atoms with Crippen LogP contribution in [0.1, 0.15) is 19.0 Å². The monoisotopic (exact) mass is 251 g/mol. The first kappa shape index (κ1) is 14.0. The molecule has 0 aliphatic carbocycles. The molecule has 0 aliphatic heterocycles. The molecule has 98 valence electrons. The molecule has 1 rings (SSSR count). The molecule has 0 amide bonds. The third-order valence-electron chi connectivity index (χ3n) is 2.31. The van der Waals surface area contributed by atoms with Gasteiger partial charge in [-0.1, -0.05) is 6.92 Å². The van der Waals surface area contributed by atoms with E-state index in [1.807, 2.05) is 6.92 Å². The minimum atomic E-state index is -4.41. The van der Waals surface area contributed by atoms with E-state index in [4.69, 9.17) is 5.11 Å². The van der Waals surface area contributed by atoms with E-state index in [9.17, 15) is 13.2 Å². The van der Waals surface area contributed by atoms with Crippen LogP contribution >= 0.6 is 0 Å². The van der Waals surface area contributed by atoms with Gasteiger partial charge in [-0.25, -0.2) is 0 Å². The van der Waals surface area contributed by atoms with Gasteiger partial charge >= 0.3 is 6.18 Å². The molecule has 0 aliphatic rings. The van der Waals surface area contributed by atoms with Gasteiger partial charge in [0.25, 0.3) is 0 Å². The predicted octanol–water partition coefficient (Wildman–Crippen LogP) is 1.26. The zero-order valence-corrected chi connectivity index (χ0v) is 9.54. The van der Waals surface area contributed by atoms with Crippen LogP contribution in [0.3, 0.4) is 0 Å². The van der Waals surface area contributed by atoms with E-state index in [-0.39, 0.29) is 12.6 Å². The van der Waals surface area contributed by atoms with Gasteiger partial charge in [-0.3, -0.25) is 4.68 Å². The summed E-state index contributed by atoms with van der Waals surface area (Å²) < 4.78 is 38.2. The minimum absolute atomic E-state index is 0.00887. The molecule has 0 radical (unpaired) electrons. The van der Waals surface area contributed by atoms with E-state index < -0.39 is 11.9 Å². The lowest BCUT2D eigenvalue weighted by atomic mass is 10.2. The van der Waals surface area contributed by atoms with Crippen molar-refractivity contribution in [3.8, 4) is 0 Å². The Labute approximate surface area is 97.4 Å². The first-order chi connectivity index (χ1) is 7.97. The molecular weight excluding hydrogens is 235 g/mol. The molecule has 1 aromatic rings. The summed E-state index contributed by atoms with van der Waals surface area (Å²) in [6, 6.07) is 0.869. The molecule has 1 heterocycles. The lowest BCUT2D eigenvalue weighted by Gasteiger charge is -2.16. The van der Waals surface area contributed by atoms with E-state index in [1.165, 1.54) is 10.9 Å². The van der Waals surface area contributed by atoms with Crippen molar-refractivity contribution in [2.45, 2.75) is 32.1 Å². The second kappa shape index (κ2) is 6.02. The van der Waals surface area contributed by atoms with E-state index in [0.717, 1.165) is 6.07 Å². The Morgan fingerprint density at radius 2 is 2.24 bits per heavy atom. The fraction of sp³-hybridized carbons (Fsp3) is 0.700. The SMILES string of the molecule is CCNC(CCO)Cn1ccc(C(F)(F)F)n1. The predicted molar refractivity (Wildman–Crippen MR) is 56.4 cm³/mol. The van der Waals surface area contributed by atoms with Gasteiger partial charge in [0.2, 0.25) is 0 Å². The van der Waals surface area contributed by atoms with E-state index in [0.29, 0.717) is 19.5 Å². The topological polar surface area (TPSA) is 50.1 Å². The van der Waals surface area contributed by atoms with Gasteiger partial charge in [-0.05, 0) is 19.0 Å². The smallest absolute Gasteiger partial charge is 0.396 e. The highest BCUT2D eigenvalue weighted by molar-refractivity contribution is 5.03. The first-order valence-corrected chi connectivity index (χ1v) is 5.42. The van der Waals surface area contributed by atoms with E-state index >= 15 is 0 Å². The number of hydrogen-bond donors (Lipinski definition) is 2. The number of likely N-dealkylation sites (N-methyl/N-ethyl adjacent to an activating group) is 1. The number of alkyl halides is 3. The summed E-state index contributed by atoms with van der Waals surface area (Å²) in [7, 11) is 0. The molecule has 1 atom stereocenters. The highest BCUT2D eigenvalue weighted by Gasteiger charge is 2.33. The quantitative estimate of drug-likeness (QED) is 0.800. The van der Waals surface area contributed by atoms with Crippen molar-refractivity contribution in [1.82, 2.24) is 15.1 Å². The second-order valence-corrected chi connectivity index (χ2v) is 3.69. The van der Waals surface area contributed by atoms with Crippen molar-refractivity contribution in [2.24, 2.45) is 0 Å². The fourth-order valence-electron chi connectivity index (χ4n) is 1.54. The Kier molecular flexibility index (Phi) is 4.95. The average Bonchev–Trinajstić information content (AvgIpc) is 2.66. The van der Waals surface area contributed by atoms with Crippen molar-refractivity contribution in [1.29, 1.82) is 0 Å². The molecule has 1 unspecified atom stereocenters. The number of aliphatic hydroxyl groups is 1. The molecule has 0 saturated carbocycles. The molecule has 0 spiro atoms. The molecule has 0 bridgehead atoms. The summed E-state index contributed by atoms with van der Waals surface area (Å²) in [5, 5.41) is 15.4.